The summed E-state index contributed by atoms with van der Waals surface area (Å²) in [6, 6.07) is 2.01. The Bertz CT molecular complexity index is 562. The molecule has 0 radical (unpaired) electrons. The van der Waals surface area contributed by atoms with Crippen LogP contribution in [0.15, 0.2) is 21.3 Å². The minimum atomic E-state index is -1.13. The zero-order valence-corrected chi connectivity index (χ0v) is 7.17. The number of nitrogens with zero attached hydrogens (tertiary/aromatic N) is 1. The fourth-order valence-corrected chi connectivity index (χ4v) is 1.18. The Kier molecular flexibility index (Phi) is 1.80. The fourth-order valence-electron chi connectivity index (χ4n) is 1.18. The Hall–Kier alpha value is -1.78. The zero-order chi connectivity index (χ0) is 10.3. The molecule has 0 unspecified atom stereocenters. The summed E-state index contributed by atoms with van der Waals surface area (Å²) >= 11 is 0. The standard InChI is InChI=1S/C9H5F2NO2/c1-4-12-8-5(9(13)14-4)2-3-6(10)7(8)11/h2-3H,1H3. The summed E-state index contributed by atoms with van der Waals surface area (Å²) < 4.78 is 30.5. The first-order chi connectivity index (χ1) is 6.59. The van der Waals surface area contributed by atoms with E-state index >= 15 is 0 Å². The van der Waals surface area contributed by atoms with Crippen molar-refractivity contribution in [1.29, 1.82) is 0 Å². The van der Waals surface area contributed by atoms with Crippen molar-refractivity contribution in [3.8, 4) is 0 Å². The third-order valence-electron chi connectivity index (χ3n) is 1.80. The van der Waals surface area contributed by atoms with Crippen molar-refractivity contribution in [2.45, 2.75) is 6.92 Å². The van der Waals surface area contributed by atoms with Crippen molar-refractivity contribution in [3.05, 3.63) is 40.1 Å². The van der Waals surface area contributed by atoms with Crippen LogP contribution in [0.2, 0.25) is 0 Å². The van der Waals surface area contributed by atoms with Gasteiger partial charge in [0.15, 0.2) is 17.5 Å². The number of hydrogen-bond donors (Lipinski definition) is 0. The molecule has 1 aromatic carbocycles. The highest BCUT2D eigenvalue weighted by Gasteiger charge is 2.12. The minimum absolute atomic E-state index is 0.00648. The number of aromatic nitrogens is 1. The summed E-state index contributed by atoms with van der Waals surface area (Å²) in [6.07, 6.45) is 0. The molecule has 0 saturated carbocycles. The van der Waals surface area contributed by atoms with E-state index in [1.807, 2.05) is 0 Å². The average molecular weight is 197 g/mol. The molecule has 0 aliphatic carbocycles. The van der Waals surface area contributed by atoms with Crippen LogP contribution in [-0.4, -0.2) is 4.98 Å². The van der Waals surface area contributed by atoms with E-state index in [1.54, 1.807) is 0 Å². The molecule has 0 bridgehead atoms. The van der Waals surface area contributed by atoms with Crippen molar-refractivity contribution in [2.75, 3.05) is 0 Å². The summed E-state index contributed by atoms with van der Waals surface area (Å²) in [5.41, 5.74) is -1.01. The summed E-state index contributed by atoms with van der Waals surface area (Å²) in [5, 5.41) is -0.0606. The lowest BCUT2D eigenvalue weighted by Crippen LogP contribution is -2.05. The van der Waals surface area contributed by atoms with E-state index in [0.717, 1.165) is 12.1 Å². The third-order valence-corrected chi connectivity index (χ3v) is 1.80. The minimum Gasteiger partial charge on any atom is -0.408 e. The van der Waals surface area contributed by atoms with Gasteiger partial charge in [0, 0.05) is 6.92 Å². The second-order valence-electron chi connectivity index (χ2n) is 2.78. The molecule has 2 aromatic rings. The van der Waals surface area contributed by atoms with Gasteiger partial charge in [-0.25, -0.2) is 18.6 Å². The number of halogens is 2. The van der Waals surface area contributed by atoms with Crippen LogP contribution in [-0.2, 0) is 0 Å². The molecule has 3 nitrogen and oxygen atoms in total. The third kappa shape index (κ3) is 1.17. The second-order valence-corrected chi connectivity index (χ2v) is 2.78. The van der Waals surface area contributed by atoms with Crippen LogP contribution in [0.5, 0.6) is 0 Å². The quantitative estimate of drug-likeness (QED) is 0.646. The van der Waals surface area contributed by atoms with Crippen LogP contribution in [0.4, 0.5) is 8.78 Å². The highest BCUT2D eigenvalue weighted by Crippen LogP contribution is 2.15. The van der Waals surface area contributed by atoms with Crippen molar-refractivity contribution in [1.82, 2.24) is 4.98 Å². The van der Waals surface area contributed by atoms with Gasteiger partial charge >= 0.3 is 5.63 Å². The molecular formula is C9H5F2NO2. The molecule has 1 heterocycles. The first-order valence-corrected chi connectivity index (χ1v) is 3.85. The molecule has 5 heteroatoms. The molecular weight excluding hydrogens is 192 g/mol. The van der Waals surface area contributed by atoms with Gasteiger partial charge in [-0.1, -0.05) is 0 Å². The molecule has 0 saturated heterocycles. The van der Waals surface area contributed by atoms with E-state index < -0.39 is 17.3 Å². The fraction of sp³-hybridized carbons (Fsp3) is 0.111. The van der Waals surface area contributed by atoms with Crippen LogP contribution < -0.4 is 5.63 Å². The van der Waals surface area contributed by atoms with Crippen LogP contribution in [0.1, 0.15) is 5.89 Å². The lowest BCUT2D eigenvalue weighted by atomic mass is 10.2. The van der Waals surface area contributed by atoms with Crippen LogP contribution in [0.3, 0.4) is 0 Å². The van der Waals surface area contributed by atoms with Gasteiger partial charge in [-0.3, -0.25) is 0 Å². The average Bonchev–Trinajstić information content (AvgIpc) is 2.12. The normalized spacial score (nSPS) is 10.8. The van der Waals surface area contributed by atoms with Gasteiger partial charge in [0.25, 0.3) is 0 Å². The van der Waals surface area contributed by atoms with E-state index in [9.17, 15) is 13.6 Å². The topological polar surface area (TPSA) is 43.1 Å². The molecule has 14 heavy (non-hydrogen) atoms. The number of benzene rings is 1. The van der Waals surface area contributed by atoms with E-state index in [0.29, 0.717) is 0 Å². The van der Waals surface area contributed by atoms with Crippen LogP contribution >= 0.6 is 0 Å². The highest BCUT2D eigenvalue weighted by atomic mass is 19.2. The highest BCUT2D eigenvalue weighted by molar-refractivity contribution is 5.77. The van der Waals surface area contributed by atoms with E-state index in [2.05, 4.69) is 9.40 Å². The number of aryl methyl sites for hydroxylation is 1. The van der Waals surface area contributed by atoms with E-state index in [1.165, 1.54) is 6.92 Å². The van der Waals surface area contributed by atoms with Gasteiger partial charge in [0.05, 0.1) is 5.39 Å². The van der Waals surface area contributed by atoms with Gasteiger partial charge < -0.3 is 4.42 Å². The van der Waals surface area contributed by atoms with Crippen molar-refractivity contribution >= 4 is 10.9 Å². The van der Waals surface area contributed by atoms with E-state index in [-0.39, 0.29) is 16.8 Å². The van der Waals surface area contributed by atoms with Gasteiger partial charge in [-0.2, -0.15) is 0 Å². The first kappa shape index (κ1) is 8.80. The monoisotopic (exact) mass is 197 g/mol. The molecule has 0 amide bonds. The molecule has 72 valence electrons. The maximum absolute atomic E-state index is 13.1. The van der Waals surface area contributed by atoms with Crippen molar-refractivity contribution in [3.63, 3.8) is 0 Å². The maximum Gasteiger partial charge on any atom is 0.346 e. The molecule has 0 N–H and O–H groups in total. The first-order valence-electron chi connectivity index (χ1n) is 3.85. The largest absolute Gasteiger partial charge is 0.408 e. The van der Waals surface area contributed by atoms with Gasteiger partial charge in [0.2, 0.25) is 0 Å². The molecule has 0 aliphatic heterocycles. The number of fused-ring (bicyclic) bond motifs is 1. The lowest BCUT2D eigenvalue weighted by Gasteiger charge is -1.98. The predicted octanol–water partition coefficient (Wildman–Crippen LogP) is 1.77. The second kappa shape index (κ2) is 2.87. The molecule has 0 aliphatic rings. The Morgan fingerprint density at radius 2 is 2.07 bits per heavy atom. The Balaban J connectivity index is 3.03. The lowest BCUT2D eigenvalue weighted by molar-refractivity contribution is 0.461. The Labute approximate surface area is 77.0 Å². The molecule has 0 fully saturated rings. The van der Waals surface area contributed by atoms with Gasteiger partial charge in [-0.05, 0) is 12.1 Å². The van der Waals surface area contributed by atoms with Gasteiger partial charge in [0.1, 0.15) is 5.52 Å². The molecule has 1 aromatic heterocycles. The smallest absolute Gasteiger partial charge is 0.346 e. The summed E-state index contributed by atoms with van der Waals surface area (Å²) in [6.45, 7) is 1.39. The van der Waals surface area contributed by atoms with Crippen molar-refractivity contribution < 1.29 is 13.2 Å². The summed E-state index contributed by atoms with van der Waals surface area (Å²) in [4.78, 5) is 14.8. The number of hydrogen-bond acceptors (Lipinski definition) is 3. The number of rotatable bonds is 0. The molecule has 0 atom stereocenters. The summed E-state index contributed by atoms with van der Waals surface area (Å²) in [7, 11) is 0. The van der Waals surface area contributed by atoms with E-state index in [4.69, 9.17) is 0 Å². The SMILES string of the molecule is Cc1nc2c(F)c(F)ccc2c(=O)o1. The molecule has 2 rings (SSSR count). The van der Waals surface area contributed by atoms with Crippen LogP contribution in [0, 0.1) is 18.6 Å². The predicted molar refractivity (Wildman–Crippen MR) is 44.9 cm³/mol. The van der Waals surface area contributed by atoms with Crippen LogP contribution in [0.25, 0.3) is 10.9 Å². The zero-order valence-electron chi connectivity index (χ0n) is 7.17. The Morgan fingerprint density at radius 1 is 1.36 bits per heavy atom. The van der Waals surface area contributed by atoms with Gasteiger partial charge in [-0.15, -0.1) is 0 Å². The summed E-state index contributed by atoms with van der Waals surface area (Å²) in [5.74, 6) is -2.15. The Morgan fingerprint density at radius 3 is 2.79 bits per heavy atom. The maximum atomic E-state index is 13.1. The van der Waals surface area contributed by atoms with Crippen molar-refractivity contribution in [2.24, 2.45) is 0 Å². The molecule has 0 spiro atoms.